The Morgan fingerprint density at radius 1 is 1.09 bits per heavy atom. The number of carbonyl (C=O) groups is 1. The van der Waals surface area contributed by atoms with Gasteiger partial charge in [-0.1, -0.05) is 35.0 Å². The highest BCUT2D eigenvalue weighted by Crippen LogP contribution is 2.20. The van der Waals surface area contributed by atoms with Crippen LogP contribution in [0.3, 0.4) is 0 Å². The fourth-order valence-corrected chi connectivity index (χ4v) is 2.44. The number of amides is 1. The second-order valence-electron chi connectivity index (χ2n) is 5.04. The molecule has 1 N–H and O–H groups in total. The van der Waals surface area contributed by atoms with E-state index in [-0.39, 0.29) is 18.6 Å². The standard InChI is InChI=1S/C18H20BrNO3/c1-3-17(13-4-6-14(19)7-5-13)20-18(21)12-23-16-10-8-15(22-2)9-11-16/h4-11,17H,3,12H2,1-2H3,(H,20,21). The van der Waals surface area contributed by atoms with Crippen molar-refractivity contribution in [2.45, 2.75) is 19.4 Å². The van der Waals surface area contributed by atoms with Crippen LogP contribution < -0.4 is 14.8 Å². The van der Waals surface area contributed by atoms with Crippen LogP contribution >= 0.6 is 15.9 Å². The second kappa shape index (κ2) is 8.58. The lowest BCUT2D eigenvalue weighted by molar-refractivity contribution is -0.123. The molecule has 0 heterocycles. The summed E-state index contributed by atoms with van der Waals surface area (Å²) in [5.74, 6) is 1.25. The summed E-state index contributed by atoms with van der Waals surface area (Å²) in [5.41, 5.74) is 1.08. The van der Waals surface area contributed by atoms with Crippen molar-refractivity contribution in [2.75, 3.05) is 13.7 Å². The first-order valence-electron chi connectivity index (χ1n) is 7.44. The van der Waals surface area contributed by atoms with Crippen molar-refractivity contribution in [1.29, 1.82) is 0 Å². The van der Waals surface area contributed by atoms with Gasteiger partial charge in [-0.15, -0.1) is 0 Å². The van der Waals surface area contributed by atoms with Crippen LogP contribution in [0.25, 0.3) is 0 Å². The molecule has 0 aromatic heterocycles. The number of hydrogen-bond acceptors (Lipinski definition) is 3. The smallest absolute Gasteiger partial charge is 0.258 e. The zero-order valence-electron chi connectivity index (χ0n) is 13.2. The summed E-state index contributed by atoms with van der Waals surface area (Å²) < 4.78 is 11.6. The summed E-state index contributed by atoms with van der Waals surface area (Å²) in [4.78, 5) is 12.1. The van der Waals surface area contributed by atoms with Gasteiger partial charge in [0.05, 0.1) is 13.2 Å². The molecule has 0 spiro atoms. The molecule has 2 rings (SSSR count). The molecule has 0 fully saturated rings. The van der Waals surface area contributed by atoms with Gasteiger partial charge in [0.1, 0.15) is 11.5 Å². The summed E-state index contributed by atoms with van der Waals surface area (Å²) in [7, 11) is 1.61. The number of carbonyl (C=O) groups excluding carboxylic acids is 1. The van der Waals surface area contributed by atoms with Gasteiger partial charge < -0.3 is 14.8 Å². The van der Waals surface area contributed by atoms with E-state index in [1.165, 1.54) is 0 Å². The Morgan fingerprint density at radius 3 is 2.26 bits per heavy atom. The molecule has 1 atom stereocenters. The van der Waals surface area contributed by atoms with E-state index in [1.54, 1.807) is 31.4 Å². The van der Waals surface area contributed by atoms with Crippen molar-refractivity contribution in [3.05, 3.63) is 58.6 Å². The number of ether oxygens (including phenoxy) is 2. The number of nitrogens with one attached hydrogen (secondary N) is 1. The molecule has 0 aliphatic heterocycles. The largest absolute Gasteiger partial charge is 0.497 e. The molecule has 1 unspecified atom stereocenters. The third-order valence-corrected chi connectivity index (χ3v) is 3.97. The van der Waals surface area contributed by atoms with Crippen LogP contribution in [0.15, 0.2) is 53.0 Å². The minimum atomic E-state index is -0.143. The number of halogens is 1. The summed E-state index contributed by atoms with van der Waals surface area (Å²) in [6.07, 6.45) is 0.815. The van der Waals surface area contributed by atoms with E-state index in [0.29, 0.717) is 5.75 Å². The fraction of sp³-hybridized carbons (Fsp3) is 0.278. The van der Waals surface area contributed by atoms with Gasteiger partial charge in [0.25, 0.3) is 5.91 Å². The topological polar surface area (TPSA) is 47.6 Å². The van der Waals surface area contributed by atoms with Crippen molar-refractivity contribution < 1.29 is 14.3 Å². The first-order valence-corrected chi connectivity index (χ1v) is 8.23. The number of methoxy groups -OCH3 is 1. The van der Waals surface area contributed by atoms with Crippen LogP contribution in [0.5, 0.6) is 11.5 Å². The zero-order valence-corrected chi connectivity index (χ0v) is 14.8. The van der Waals surface area contributed by atoms with Gasteiger partial charge in [-0.05, 0) is 48.4 Å². The third kappa shape index (κ3) is 5.28. The third-order valence-electron chi connectivity index (χ3n) is 3.45. The highest BCUT2D eigenvalue weighted by molar-refractivity contribution is 9.10. The van der Waals surface area contributed by atoms with Gasteiger partial charge in [0, 0.05) is 4.47 Å². The molecule has 0 saturated heterocycles. The first kappa shape index (κ1) is 17.3. The molecule has 2 aromatic carbocycles. The van der Waals surface area contributed by atoms with E-state index in [2.05, 4.69) is 21.2 Å². The van der Waals surface area contributed by atoms with Gasteiger partial charge in [-0.2, -0.15) is 0 Å². The molecule has 2 aromatic rings. The van der Waals surface area contributed by atoms with Gasteiger partial charge in [-0.3, -0.25) is 4.79 Å². The Morgan fingerprint density at radius 2 is 1.70 bits per heavy atom. The van der Waals surface area contributed by atoms with Crippen molar-refractivity contribution in [2.24, 2.45) is 0 Å². The van der Waals surface area contributed by atoms with Crippen molar-refractivity contribution in [1.82, 2.24) is 5.32 Å². The Bertz CT molecular complexity index is 626. The predicted molar refractivity (Wildman–Crippen MR) is 93.8 cm³/mol. The lowest BCUT2D eigenvalue weighted by atomic mass is 10.0. The first-order chi connectivity index (χ1) is 11.1. The van der Waals surface area contributed by atoms with Crippen LogP contribution in [-0.4, -0.2) is 19.6 Å². The fourth-order valence-electron chi connectivity index (χ4n) is 2.17. The number of rotatable bonds is 7. The van der Waals surface area contributed by atoms with E-state index in [4.69, 9.17) is 9.47 Å². The molecule has 23 heavy (non-hydrogen) atoms. The average molecular weight is 378 g/mol. The summed E-state index contributed by atoms with van der Waals surface area (Å²) in [5, 5.41) is 2.99. The normalized spacial score (nSPS) is 11.6. The number of benzene rings is 2. The average Bonchev–Trinajstić information content (AvgIpc) is 2.59. The Kier molecular flexibility index (Phi) is 6.47. The quantitative estimate of drug-likeness (QED) is 0.789. The van der Waals surface area contributed by atoms with Crippen LogP contribution in [0, 0.1) is 0 Å². The molecule has 1 amide bonds. The van der Waals surface area contributed by atoms with Crippen LogP contribution in [0.1, 0.15) is 24.9 Å². The molecule has 122 valence electrons. The van der Waals surface area contributed by atoms with E-state index in [1.807, 2.05) is 31.2 Å². The van der Waals surface area contributed by atoms with Crippen LogP contribution in [0.4, 0.5) is 0 Å². The molecule has 0 saturated carbocycles. The van der Waals surface area contributed by atoms with Crippen LogP contribution in [0.2, 0.25) is 0 Å². The highest BCUT2D eigenvalue weighted by atomic mass is 79.9. The molecule has 0 bridgehead atoms. The number of hydrogen-bond donors (Lipinski definition) is 1. The van der Waals surface area contributed by atoms with E-state index in [9.17, 15) is 4.79 Å². The molecule has 4 nitrogen and oxygen atoms in total. The van der Waals surface area contributed by atoms with Gasteiger partial charge >= 0.3 is 0 Å². The van der Waals surface area contributed by atoms with Crippen molar-refractivity contribution >= 4 is 21.8 Å². The molecular formula is C18H20BrNO3. The molecular weight excluding hydrogens is 358 g/mol. The Balaban J connectivity index is 1.88. The monoisotopic (exact) mass is 377 g/mol. The predicted octanol–water partition coefficient (Wildman–Crippen LogP) is 4.10. The van der Waals surface area contributed by atoms with Crippen LogP contribution in [-0.2, 0) is 4.79 Å². The zero-order chi connectivity index (χ0) is 16.7. The summed E-state index contributed by atoms with van der Waals surface area (Å²) >= 11 is 3.41. The summed E-state index contributed by atoms with van der Waals surface area (Å²) in [6.45, 7) is 2.02. The van der Waals surface area contributed by atoms with Gasteiger partial charge in [0.2, 0.25) is 0 Å². The van der Waals surface area contributed by atoms with E-state index < -0.39 is 0 Å². The maximum Gasteiger partial charge on any atom is 0.258 e. The highest BCUT2D eigenvalue weighted by Gasteiger charge is 2.13. The Hall–Kier alpha value is -2.01. The second-order valence-corrected chi connectivity index (χ2v) is 5.96. The van der Waals surface area contributed by atoms with E-state index in [0.717, 1.165) is 22.2 Å². The lowest BCUT2D eigenvalue weighted by Gasteiger charge is -2.18. The summed E-state index contributed by atoms with van der Waals surface area (Å²) in [6, 6.07) is 15.1. The maximum absolute atomic E-state index is 12.1. The maximum atomic E-state index is 12.1. The Labute approximate surface area is 144 Å². The lowest BCUT2D eigenvalue weighted by Crippen LogP contribution is -2.32. The molecule has 5 heteroatoms. The van der Waals surface area contributed by atoms with Gasteiger partial charge in [-0.25, -0.2) is 0 Å². The molecule has 0 aliphatic carbocycles. The molecule has 0 radical (unpaired) electrons. The minimum absolute atomic E-state index is 0.0145. The molecule has 0 aliphatic rings. The van der Waals surface area contributed by atoms with E-state index >= 15 is 0 Å². The SMILES string of the molecule is CCC(NC(=O)COc1ccc(OC)cc1)c1ccc(Br)cc1. The van der Waals surface area contributed by atoms with Crippen molar-refractivity contribution in [3.8, 4) is 11.5 Å². The van der Waals surface area contributed by atoms with Crippen molar-refractivity contribution in [3.63, 3.8) is 0 Å². The minimum Gasteiger partial charge on any atom is -0.497 e. The van der Waals surface area contributed by atoms with Gasteiger partial charge in [0.15, 0.2) is 6.61 Å².